The number of hydrogen-bond acceptors (Lipinski definition) is 3. The fourth-order valence-corrected chi connectivity index (χ4v) is 1.50. The van der Waals surface area contributed by atoms with Crippen LogP contribution >= 0.6 is 0 Å². The number of carbonyl (C=O) groups excluding carboxylic acids is 1. The SMILES string of the molecule is CCn1ccc(CNC(=O)c2ccn(C(F)F)n2)n1. The molecule has 0 radical (unpaired) electrons. The van der Waals surface area contributed by atoms with E-state index in [-0.39, 0.29) is 12.2 Å². The fraction of sp³-hybridized carbons (Fsp3) is 0.364. The van der Waals surface area contributed by atoms with Gasteiger partial charge in [-0.3, -0.25) is 9.48 Å². The van der Waals surface area contributed by atoms with Gasteiger partial charge in [0.1, 0.15) is 5.69 Å². The molecule has 102 valence electrons. The maximum atomic E-state index is 12.3. The zero-order chi connectivity index (χ0) is 13.8. The van der Waals surface area contributed by atoms with Crippen LogP contribution in [0, 0.1) is 0 Å². The summed E-state index contributed by atoms with van der Waals surface area (Å²) in [6.45, 7) is 0.175. The van der Waals surface area contributed by atoms with Crippen molar-refractivity contribution in [3.63, 3.8) is 0 Å². The van der Waals surface area contributed by atoms with Gasteiger partial charge in [0.2, 0.25) is 0 Å². The number of nitrogens with zero attached hydrogens (tertiary/aromatic N) is 4. The second kappa shape index (κ2) is 5.59. The number of carbonyl (C=O) groups is 1. The molecule has 0 fully saturated rings. The highest BCUT2D eigenvalue weighted by Gasteiger charge is 2.13. The Hall–Kier alpha value is -2.25. The molecule has 0 aromatic carbocycles. The zero-order valence-electron chi connectivity index (χ0n) is 10.3. The summed E-state index contributed by atoms with van der Waals surface area (Å²) in [5, 5.41) is 10.2. The van der Waals surface area contributed by atoms with Crippen molar-refractivity contribution in [1.29, 1.82) is 0 Å². The molecule has 2 aromatic rings. The molecule has 19 heavy (non-hydrogen) atoms. The number of hydrogen-bond donors (Lipinski definition) is 1. The van der Waals surface area contributed by atoms with E-state index >= 15 is 0 Å². The predicted molar refractivity (Wildman–Crippen MR) is 62.6 cm³/mol. The Labute approximate surface area is 108 Å². The highest BCUT2D eigenvalue weighted by atomic mass is 19.3. The van der Waals surface area contributed by atoms with Crippen LogP contribution in [0.2, 0.25) is 0 Å². The Morgan fingerprint density at radius 1 is 1.37 bits per heavy atom. The molecule has 8 heteroatoms. The van der Waals surface area contributed by atoms with Crippen molar-refractivity contribution in [2.45, 2.75) is 26.6 Å². The van der Waals surface area contributed by atoms with E-state index in [9.17, 15) is 13.6 Å². The summed E-state index contributed by atoms with van der Waals surface area (Å²) in [7, 11) is 0. The number of alkyl halides is 2. The first-order valence-electron chi connectivity index (χ1n) is 5.74. The van der Waals surface area contributed by atoms with Gasteiger partial charge in [-0.15, -0.1) is 0 Å². The molecule has 2 heterocycles. The Morgan fingerprint density at radius 3 is 2.74 bits per heavy atom. The molecule has 0 aliphatic heterocycles. The Kier molecular flexibility index (Phi) is 3.88. The monoisotopic (exact) mass is 269 g/mol. The number of nitrogens with one attached hydrogen (secondary N) is 1. The summed E-state index contributed by atoms with van der Waals surface area (Å²) in [5.74, 6) is -0.509. The van der Waals surface area contributed by atoms with Crippen molar-refractivity contribution in [2.24, 2.45) is 0 Å². The molecular formula is C11H13F2N5O. The zero-order valence-corrected chi connectivity index (χ0v) is 10.3. The lowest BCUT2D eigenvalue weighted by molar-refractivity contribution is 0.0560. The van der Waals surface area contributed by atoms with E-state index in [4.69, 9.17) is 0 Å². The lowest BCUT2D eigenvalue weighted by Gasteiger charge is -2.01. The van der Waals surface area contributed by atoms with Crippen molar-refractivity contribution in [3.05, 3.63) is 35.9 Å². The third-order valence-corrected chi connectivity index (χ3v) is 2.49. The number of halogens is 2. The van der Waals surface area contributed by atoms with Gasteiger partial charge in [0.25, 0.3) is 5.91 Å². The highest BCUT2D eigenvalue weighted by molar-refractivity contribution is 5.92. The van der Waals surface area contributed by atoms with Crippen LogP contribution in [-0.4, -0.2) is 25.5 Å². The van der Waals surface area contributed by atoms with Crippen molar-refractivity contribution >= 4 is 5.91 Å². The molecule has 0 aliphatic rings. The molecule has 0 saturated heterocycles. The van der Waals surface area contributed by atoms with E-state index in [2.05, 4.69) is 15.5 Å². The standard InChI is InChI=1S/C11H13F2N5O/c1-2-17-5-3-8(15-17)7-14-10(19)9-4-6-18(16-9)11(12)13/h3-6,11H,2,7H2,1H3,(H,14,19). The minimum absolute atomic E-state index is 0.0461. The van der Waals surface area contributed by atoms with E-state index < -0.39 is 12.5 Å². The normalized spacial score (nSPS) is 10.9. The molecule has 0 saturated carbocycles. The van der Waals surface area contributed by atoms with Gasteiger partial charge in [-0.05, 0) is 19.1 Å². The summed E-state index contributed by atoms with van der Waals surface area (Å²) in [4.78, 5) is 11.7. The van der Waals surface area contributed by atoms with Crippen LogP contribution in [0.4, 0.5) is 8.78 Å². The number of aryl methyl sites for hydroxylation is 1. The lowest BCUT2D eigenvalue weighted by atomic mass is 10.4. The lowest BCUT2D eigenvalue weighted by Crippen LogP contribution is -2.23. The second-order valence-electron chi connectivity index (χ2n) is 3.80. The van der Waals surface area contributed by atoms with Crippen LogP contribution in [-0.2, 0) is 13.1 Å². The van der Waals surface area contributed by atoms with Crippen LogP contribution in [0.5, 0.6) is 0 Å². The summed E-state index contributed by atoms with van der Waals surface area (Å²) in [5.41, 5.74) is 0.652. The summed E-state index contributed by atoms with van der Waals surface area (Å²) < 4.78 is 26.7. The van der Waals surface area contributed by atoms with Crippen LogP contribution in [0.3, 0.4) is 0 Å². The maximum absolute atomic E-state index is 12.3. The third kappa shape index (κ3) is 3.15. The van der Waals surface area contributed by atoms with Crippen molar-refractivity contribution < 1.29 is 13.6 Å². The van der Waals surface area contributed by atoms with Gasteiger partial charge in [0.05, 0.1) is 12.2 Å². The van der Waals surface area contributed by atoms with E-state index in [1.165, 1.54) is 6.07 Å². The molecule has 1 amide bonds. The first-order chi connectivity index (χ1) is 9.10. The van der Waals surface area contributed by atoms with Crippen LogP contribution in [0.15, 0.2) is 24.5 Å². The highest BCUT2D eigenvalue weighted by Crippen LogP contribution is 2.08. The van der Waals surface area contributed by atoms with Crippen LogP contribution in [0.1, 0.15) is 29.7 Å². The van der Waals surface area contributed by atoms with Gasteiger partial charge in [0.15, 0.2) is 0 Å². The topological polar surface area (TPSA) is 64.7 Å². The van der Waals surface area contributed by atoms with Crippen LogP contribution < -0.4 is 5.32 Å². The number of aromatic nitrogens is 4. The van der Waals surface area contributed by atoms with Crippen molar-refractivity contribution in [1.82, 2.24) is 24.9 Å². The molecule has 0 atom stereocenters. The molecule has 0 aliphatic carbocycles. The van der Waals surface area contributed by atoms with Gasteiger partial charge >= 0.3 is 6.55 Å². The average Bonchev–Trinajstić information content (AvgIpc) is 3.04. The summed E-state index contributed by atoms with van der Waals surface area (Å²) in [6.07, 6.45) is 2.86. The van der Waals surface area contributed by atoms with Crippen molar-refractivity contribution in [3.8, 4) is 0 Å². The quantitative estimate of drug-likeness (QED) is 0.893. The van der Waals surface area contributed by atoms with E-state index in [0.717, 1.165) is 12.7 Å². The number of rotatable bonds is 5. The Bertz CT molecular complexity index is 563. The van der Waals surface area contributed by atoms with Gasteiger partial charge in [0, 0.05) is 18.9 Å². The molecule has 2 aromatic heterocycles. The third-order valence-electron chi connectivity index (χ3n) is 2.49. The summed E-state index contributed by atoms with van der Waals surface area (Å²) in [6, 6.07) is 3.02. The number of amides is 1. The largest absolute Gasteiger partial charge is 0.345 e. The first-order valence-corrected chi connectivity index (χ1v) is 5.74. The maximum Gasteiger partial charge on any atom is 0.333 e. The minimum atomic E-state index is -2.75. The Balaban J connectivity index is 1.93. The van der Waals surface area contributed by atoms with Gasteiger partial charge in [-0.1, -0.05) is 0 Å². The molecular weight excluding hydrogens is 256 g/mol. The second-order valence-corrected chi connectivity index (χ2v) is 3.80. The average molecular weight is 269 g/mol. The molecule has 0 unspecified atom stereocenters. The minimum Gasteiger partial charge on any atom is -0.345 e. The van der Waals surface area contributed by atoms with Crippen LogP contribution in [0.25, 0.3) is 0 Å². The van der Waals surface area contributed by atoms with Gasteiger partial charge in [-0.2, -0.15) is 19.0 Å². The van der Waals surface area contributed by atoms with E-state index in [1.54, 1.807) is 16.9 Å². The first kappa shape index (κ1) is 13.2. The van der Waals surface area contributed by atoms with Crippen molar-refractivity contribution in [2.75, 3.05) is 0 Å². The molecule has 1 N–H and O–H groups in total. The Morgan fingerprint density at radius 2 is 2.16 bits per heavy atom. The predicted octanol–water partition coefficient (Wildman–Crippen LogP) is 1.42. The fourth-order valence-electron chi connectivity index (χ4n) is 1.50. The van der Waals surface area contributed by atoms with Gasteiger partial charge < -0.3 is 5.32 Å². The van der Waals surface area contributed by atoms with E-state index in [1.807, 2.05) is 6.92 Å². The molecule has 0 spiro atoms. The summed E-state index contributed by atoms with van der Waals surface area (Å²) >= 11 is 0. The van der Waals surface area contributed by atoms with E-state index in [0.29, 0.717) is 10.4 Å². The molecule has 0 bridgehead atoms. The van der Waals surface area contributed by atoms with Gasteiger partial charge in [-0.25, -0.2) is 4.68 Å². The molecule has 2 rings (SSSR count). The molecule has 6 nitrogen and oxygen atoms in total. The smallest absolute Gasteiger partial charge is 0.333 e.